The van der Waals surface area contributed by atoms with Crippen LogP contribution in [-0.2, 0) is 17.7 Å². The second kappa shape index (κ2) is 10.1. The fourth-order valence-electron chi connectivity index (χ4n) is 3.49. The molecule has 1 unspecified atom stereocenters. The smallest absolute Gasteiger partial charge is 0.149 e. The minimum Gasteiger partial charge on any atom is -0.491 e. The number of β-amino-alcohol motifs (C(OH)–C–C–N with tert-alkyl or cyclic N) is 1. The molecule has 29 heavy (non-hydrogen) atoms. The van der Waals surface area contributed by atoms with E-state index in [9.17, 15) is 9.50 Å². The van der Waals surface area contributed by atoms with Crippen LogP contribution < -0.4 is 0 Å². The van der Waals surface area contributed by atoms with E-state index in [0.29, 0.717) is 23.4 Å². The van der Waals surface area contributed by atoms with Gasteiger partial charge in [-0.2, -0.15) is 0 Å². The van der Waals surface area contributed by atoms with Gasteiger partial charge in [-0.05, 0) is 48.3 Å². The van der Waals surface area contributed by atoms with Gasteiger partial charge in [-0.15, -0.1) is 0 Å². The number of halogens is 1. The monoisotopic (exact) mass is 394 g/mol. The van der Waals surface area contributed by atoms with Crippen LogP contribution in [0.3, 0.4) is 0 Å². The highest BCUT2D eigenvalue weighted by Gasteiger charge is 2.18. The Balaban J connectivity index is 1.57. The molecule has 0 bridgehead atoms. The lowest BCUT2D eigenvalue weighted by Crippen LogP contribution is -2.38. The van der Waals surface area contributed by atoms with Crippen LogP contribution in [0.4, 0.5) is 4.39 Å². The summed E-state index contributed by atoms with van der Waals surface area (Å²) in [5.41, 5.74) is 3.81. The molecule has 1 N–H and O–H groups in total. The summed E-state index contributed by atoms with van der Waals surface area (Å²) in [5.74, 6) is 0.0861. The van der Waals surface area contributed by atoms with Crippen molar-refractivity contribution in [3.05, 3.63) is 95.8 Å². The van der Waals surface area contributed by atoms with Gasteiger partial charge in [-0.25, -0.2) is 4.39 Å². The van der Waals surface area contributed by atoms with Gasteiger partial charge in [0.1, 0.15) is 24.3 Å². The van der Waals surface area contributed by atoms with E-state index >= 15 is 0 Å². The van der Waals surface area contributed by atoms with Crippen LogP contribution in [0.5, 0.6) is 0 Å². The maximum atomic E-state index is 14.0. The van der Waals surface area contributed by atoms with Gasteiger partial charge in [0, 0.05) is 31.4 Å². The van der Waals surface area contributed by atoms with E-state index in [0.717, 1.165) is 19.5 Å². The topological polar surface area (TPSA) is 45.6 Å². The van der Waals surface area contributed by atoms with Crippen LogP contribution in [-0.4, -0.2) is 40.8 Å². The van der Waals surface area contributed by atoms with Crippen molar-refractivity contribution in [2.75, 3.05) is 19.7 Å². The Morgan fingerprint density at radius 1 is 1.34 bits per heavy atom. The van der Waals surface area contributed by atoms with Crippen LogP contribution in [0.15, 0.2) is 73.3 Å². The molecule has 152 valence electrons. The first kappa shape index (κ1) is 21.0. The van der Waals surface area contributed by atoms with Crippen molar-refractivity contribution >= 4 is 5.57 Å². The number of aliphatic hydroxyl groups excluding tert-OH is 1. The van der Waals surface area contributed by atoms with Crippen molar-refractivity contribution in [1.29, 1.82) is 0 Å². The molecule has 1 atom stereocenters. The maximum Gasteiger partial charge on any atom is 0.149 e. The van der Waals surface area contributed by atoms with E-state index in [-0.39, 0.29) is 6.61 Å². The zero-order valence-electron chi connectivity index (χ0n) is 16.7. The lowest BCUT2D eigenvalue weighted by Gasteiger charge is -2.30. The molecule has 1 aromatic heterocycles. The van der Waals surface area contributed by atoms with E-state index in [1.807, 2.05) is 13.0 Å². The van der Waals surface area contributed by atoms with Crippen LogP contribution in [0.1, 0.15) is 23.6 Å². The van der Waals surface area contributed by atoms with Gasteiger partial charge in [0.05, 0.1) is 6.20 Å². The molecule has 1 aliphatic heterocycles. The lowest BCUT2D eigenvalue weighted by molar-refractivity contribution is 0.0425. The molecule has 1 aliphatic rings. The van der Waals surface area contributed by atoms with Crippen molar-refractivity contribution in [3.63, 3.8) is 0 Å². The van der Waals surface area contributed by atoms with Crippen molar-refractivity contribution in [2.45, 2.75) is 26.0 Å². The highest BCUT2D eigenvalue weighted by atomic mass is 19.1. The molecule has 0 spiro atoms. The van der Waals surface area contributed by atoms with E-state index in [1.165, 1.54) is 17.3 Å². The fraction of sp³-hybridized carbons (Fsp3) is 0.292. The van der Waals surface area contributed by atoms with Gasteiger partial charge < -0.3 is 9.84 Å². The Bertz CT molecular complexity index is 907. The Morgan fingerprint density at radius 2 is 2.14 bits per heavy atom. The fourth-order valence-corrected chi connectivity index (χ4v) is 3.49. The zero-order chi connectivity index (χ0) is 20.6. The van der Waals surface area contributed by atoms with Gasteiger partial charge in [0.2, 0.25) is 0 Å². The number of nitrogens with zero attached hydrogens (tertiary/aromatic N) is 2. The molecule has 0 saturated carbocycles. The SMILES string of the molecule is C=C/C(=C\C(=C/C)c1ccncc1F)OCC(O)CN1CCc2ccccc2C1. The summed E-state index contributed by atoms with van der Waals surface area (Å²) < 4.78 is 19.8. The molecule has 0 aliphatic carbocycles. The number of rotatable bonds is 8. The summed E-state index contributed by atoms with van der Waals surface area (Å²) in [6, 6.07) is 10.0. The third-order valence-corrected chi connectivity index (χ3v) is 5.01. The standard InChI is InChI=1S/C24H27FN2O2/c1-3-18(23-9-11-26-14-24(23)25)13-22(4-2)29-17-21(28)16-27-12-10-19-7-5-6-8-20(19)15-27/h3-9,11,13-14,21,28H,2,10,12,15-17H2,1H3/b18-3+,22-13+. The molecule has 2 heterocycles. The van der Waals surface area contributed by atoms with Gasteiger partial charge in [-0.1, -0.05) is 36.9 Å². The number of hydrogen-bond donors (Lipinski definition) is 1. The van der Waals surface area contributed by atoms with Gasteiger partial charge >= 0.3 is 0 Å². The second-order valence-electron chi connectivity index (χ2n) is 7.07. The third-order valence-electron chi connectivity index (χ3n) is 5.01. The summed E-state index contributed by atoms with van der Waals surface area (Å²) in [4.78, 5) is 6.01. The van der Waals surface area contributed by atoms with Crippen LogP contribution in [0, 0.1) is 5.82 Å². The average Bonchev–Trinajstić information content (AvgIpc) is 2.74. The highest BCUT2D eigenvalue weighted by molar-refractivity contribution is 5.74. The van der Waals surface area contributed by atoms with Gasteiger partial charge in [0.15, 0.2) is 0 Å². The first-order chi connectivity index (χ1) is 14.1. The van der Waals surface area contributed by atoms with Crippen molar-refractivity contribution in [1.82, 2.24) is 9.88 Å². The number of allylic oxidation sites excluding steroid dienone is 4. The zero-order valence-corrected chi connectivity index (χ0v) is 16.7. The molecule has 0 amide bonds. The van der Waals surface area contributed by atoms with E-state index in [2.05, 4.69) is 34.7 Å². The van der Waals surface area contributed by atoms with E-state index in [4.69, 9.17) is 4.74 Å². The molecule has 2 aromatic rings. The molecular weight excluding hydrogens is 367 g/mol. The lowest BCUT2D eigenvalue weighted by atomic mass is 10.00. The van der Waals surface area contributed by atoms with Crippen LogP contribution in [0.25, 0.3) is 5.57 Å². The number of aliphatic hydroxyl groups is 1. The molecule has 0 fully saturated rings. The summed E-state index contributed by atoms with van der Waals surface area (Å²) in [5, 5.41) is 10.4. The number of fused-ring (bicyclic) bond motifs is 1. The summed E-state index contributed by atoms with van der Waals surface area (Å²) in [6.07, 6.45) is 8.17. The number of benzene rings is 1. The average molecular weight is 394 g/mol. The largest absolute Gasteiger partial charge is 0.491 e. The van der Waals surface area contributed by atoms with E-state index in [1.54, 1.807) is 30.5 Å². The number of aromatic nitrogens is 1. The Hall–Kier alpha value is -2.76. The predicted molar refractivity (Wildman–Crippen MR) is 114 cm³/mol. The molecule has 1 aromatic carbocycles. The number of ether oxygens (including phenoxy) is 1. The predicted octanol–water partition coefficient (Wildman–Crippen LogP) is 4.13. The second-order valence-corrected chi connectivity index (χ2v) is 7.07. The van der Waals surface area contributed by atoms with Crippen molar-refractivity contribution in [2.24, 2.45) is 0 Å². The molecule has 3 rings (SSSR count). The highest BCUT2D eigenvalue weighted by Crippen LogP contribution is 2.21. The van der Waals surface area contributed by atoms with Gasteiger partial charge in [-0.3, -0.25) is 9.88 Å². The first-order valence-corrected chi connectivity index (χ1v) is 9.81. The van der Waals surface area contributed by atoms with Gasteiger partial charge in [0.25, 0.3) is 0 Å². The van der Waals surface area contributed by atoms with Crippen LogP contribution >= 0.6 is 0 Å². The first-order valence-electron chi connectivity index (χ1n) is 9.81. The Labute approximate surface area is 171 Å². The molecule has 0 saturated heterocycles. The quantitative estimate of drug-likeness (QED) is 0.540. The molecule has 4 nitrogen and oxygen atoms in total. The number of hydrogen-bond acceptors (Lipinski definition) is 4. The van der Waals surface area contributed by atoms with Crippen molar-refractivity contribution < 1.29 is 14.2 Å². The minimum absolute atomic E-state index is 0.145. The molecule has 5 heteroatoms. The Morgan fingerprint density at radius 3 is 2.86 bits per heavy atom. The Kier molecular flexibility index (Phi) is 7.33. The van der Waals surface area contributed by atoms with E-state index < -0.39 is 11.9 Å². The summed E-state index contributed by atoms with van der Waals surface area (Å²) in [6.45, 7) is 8.03. The number of pyridine rings is 1. The maximum absolute atomic E-state index is 14.0. The molecular formula is C24H27FN2O2. The normalized spacial score (nSPS) is 16.2. The third kappa shape index (κ3) is 5.62. The van der Waals surface area contributed by atoms with Crippen LogP contribution in [0.2, 0.25) is 0 Å². The summed E-state index contributed by atoms with van der Waals surface area (Å²) in [7, 11) is 0. The minimum atomic E-state index is -0.629. The van der Waals surface area contributed by atoms with Crippen molar-refractivity contribution in [3.8, 4) is 0 Å². The molecule has 0 radical (unpaired) electrons. The summed E-state index contributed by atoms with van der Waals surface area (Å²) >= 11 is 0.